The molecule has 3 aromatic rings. The minimum Gasteiger partial charge on any atom is -0.493 e. The van der Waals surface area contributed by atoms with Gasteiger partial charge in [0.15, 0.2) is 16.7 Å². The molecule has 1 aromatic carbocycles. The Kier molecular flexibility index (Phi) is 7.03. The molecule has 0 aliphatic heterocycles. The Labute approximate surface area is 177 Å². The fourth-order valence-corrected chi connectivity index (χ4v) is 4.44. The summed E-state index contributed by atoms with van der Waals surface area (Å²) in [5, 5.41) is 0.942. The summed E-state index contributed by atoms with van der Waals surface area (Å²) in [6.07, 6.45) is 3.78. The zero-order chi connectivity index (χ0) is 21.0. The Morgan fingerprint density at radius 1 is 1.03 bits per heavy atom. The molecule has 0 N–H and O–H groups in total. The van der Waals surface area contributed by atoms with Gasteiger partial charge in [-0.1, -0.05) is 11.8 Å². The van der Waals surface area contributed by atoms with Crippen LogP contribution >= 0.6 is 11.8 Å². The van der Waals surface area contributed by atoms with Gasteiger partial charge in [-0.05, 0) is 45.9 Å². The average Bonchev–Trinajstić information content (AvgIpc) is 3.18. The molecule has 7 heteroatoms. The summed E-state index contributed by atoms with van der Waals surface area (Å²) in [5.74, 6) is 2.36. The monoisotopic (exact) mass is 414 g/mol. The van der Waals surface area contributed by atoms with Gasteiger partial charge in [-0.15, -0.1) is 0 Å². The lowest BCUT2D eigenvalue weighted by Gasteiger charge is -2.30. The molecule has 0 unspecified atom stereocenters. The molecule has 0 bridgehead atoms. The third-order valence-corrected chi connectivity index (χ3v) is 5.88. The molecule has 0 spiro atoms. The molecule has 0 amide bonds. The lowest BCUT2D eigenvalue weighted by Crippen LogP contribution is -2.38. The minimum atomic E-state index is 0.523. The molecule has 0 aliphatic rings. The molecule has 0 fully saturated rings. The van der Waals surface area contributed by atoms with Crippen molar-refractivity contribution in [1.82, 2.24) is 19.3 Å². The zero-order valence-corrected chi connectivity index (χ0v) is 18.9. The fourth-order valence-electron chi connectivity index (χ4n) is 3.50. The lowest BCUT2D eigenvalue weighted by atomic mass is 10.1. The number of hydrogen-bond acceptors (Lipinski definition) is 6. The first-order chi connectivity index (χ1) is 13.9. The summed E-state index contributed by atoms with van der Waals surface area (Å²) in [5.41, 5.74) is 2.73. The van der Waals surface area contributed by atoms with E-state index in [9.17, 15) is 0 Å². The highest BCUT2D eigenvalue weighted by molar-refractivity contribution is 7.99. The largest absolute Gasteiger partial charge is 0.493 e. The van der Waals surface area contributed by atoms with E-state index in [2.05, 4.69) is 37.6 Å². The molecule has 6 nitrogen and oxygen atoms in total. The van der Waals surface area contributed by atoms with Gasteiger partial charge in [0.05, 0.1) is 19.9 Å². The molecule has 3 rings (SSSR count). The molecule has 0 saturated carbocycles. The topological polar surface area (TPSA) is 51.9 Å². The van der Waals surface area contributed by atoms with E-state index in [1.165, 1.54) is 0 Å². The Bertz CT molecular complexity index is 947. The maximum atomic E-state index is 5.45. The summed E-state index contributed by atoms with van der Waals surface area (Å²) >= 11 is 1.76. The quantitative estimate of drug-likeness (QED) is 0.376. The number of imidazole rings is 1. The number of fused-ring (bicyclic) bond motifs is 1. The summed E-state index contributed by atoms with van der Waals surface area (Å²) in [6.45, 7) is 9.99. The van der Waals surface area contributed by atoms with Crippen LogP contribution < -0.4 is 9.47 Å². The smallest absolute Gasteiger partial charge is 0.174 e. The van der Waals surface area contributed by atoms with Crippen LogP contribution in [0.25, 0.3) is 16.9 Å². The highest BCUT2D eigenvalue weighted by Crippen LogP contribution is 2.33. The number of benzene rings is 1. The SMILES string of the molecule is COc1ccc(-c2cc3nccn3c(SCCN(C(C)C)C(C)C)n2)cc1OC. The van der Waals surface area contributed by atoms with Gasteiger partial charge in [0.2, 0.25) is 0 Å². The van der Waals surface area contributed by atoms with E-state index in [0.717, 1.165) is 34.4 Å². The van der Waals surface area contributed by atoms with E-state index in [-0.39, 0.29) is 0 Å². The minimum absolute atomic E-state index is 0.523. The highest BCUT2D eigenvalue weighted by atomic mass is 32.2. The second-order valence-corrected chi connectivity index (χ2v) is 8.49. The van der Waals surface area contributed by atoms with Crippen LogP contribution in [0.1, 0.15) is 27.7 Å². The molecule has 29 heavy (non-hydrogen) atoms. The average molecular weight is 415 g/mol. The number of hydrogen-bond donors (Lipinski definition) is 0. The normalized spacial score (nSPS) is 11.8. The van der Waals surface area contributed by atoms with E-state index in [1.54, 1.807) is 26.0 Å². The van der Waals surface area contributed by atoms with Crippen LogP contribution in [0.2, 0.25) is 0 Å². The number of aromatic nitrogens is 3. The third kappa shape index (κ3) is 4.85. The van der Waals surface area contributed by atoms with E-state index in [0.29, 0.717) is 23.6 Å². The number of nitrogens with zero attached hydrogens (tertiary/aromatic N) is 4. The fraction of sp³-hybridized carbons (Fsp3) is 0.455. The molecule has 0 radical (unpaired) electrons. The Hall–Kier alpha value is -2.25. The third-order valence-electron chi connectivity index (χ3n) is 4.94. The van der Waals surface area contributed by atoms with Crippen molar-refractivity contribution in [2.45, 2.75) is 44.9 Å². The van der Waals surface area contributed by atoms with Gasteiger partial charge in [-0.3, -0.25) is 9.30 Å². The number of thioether (sulfide) groups is 1. The van der Waals surface area contributed by atoms with Crippen LogP contribution in [-0.4, -0.2) is 57.9 Å². The first-order valence-corrected chi connectivity index (χ1v) is 10.9. The molecule has 0 atom stereocenters. The summed E-state index contributed by atoms with van der Waals surface area (Å²) in [6, 6.07) is 8.90. The van der Waals surface area contributed by atoms with E-state index >= 15 is 0 Å². The second-order valence-electron chi connectivity index (χ2n) is 7.42. The zero-order valence-electron chi connectivity index (χ0n) is 18.0. The molecular weight excluding hydrogens is 384 g/mol. The summed E-state index contributed by atoms with van der Waals surface area (Å²) in [7, 11) is 3.28. The Balaban J connectivity index is 1.88. The van der Waals surface area contributed by atoms with E-state index in [4.69, 9.17) is 14.5 Å². The number of methoxy groups -OCH3 is 2. The molecular formula is C22H30N4O2S. The van der Waals surface area contributed by atoms with Crippen LogP contribution in [-0.2, 0) is 0 Å². The van der Waals surface area contributed by atoms with Crippen LogP contribution in [0, 0.1) is 0 Å². The van der Waals surface area contributed by atoms with Crippen molar-refractivity contribution in [2.75, 3.05) is 26.5 Å². The molecule has 0 saturated heterocycles. The van der Waals surface area contributed by atoms with Gasteiger partial charge < -0.3 is 9.47 Å². The Morgan fingerprint density at radius 2 is 1.76 bits per heavy atom. The van der Waals surface area contributed by atoms with Crippen molar-refractivity contribution in [2.24, 2.45) is 0 Å². The summed E-state index contributed by atoms with van der Waals surface area (Å²) in [4.78, 5) is 11.9. The number of rotatable bonds is 9. The van der Waals surface area contributed by atoms with Crippen LogP contribution in [0.15, 0.2) is 41.8 Å². The van der Waals surface area contributed by atoms with Crippen molar-refractivity contribution in [3.63, 3.8) is 0 Å². The predicted molar refractivity (Wildman–Crippen MR) is 119 cm³/mol. The first kappa shape index (κ1) is 21.5. The molecule has 2 aromatic heterocycles. The number of ether oxygens (including phenoxy) is 2. The maximum Gasteiger partial charge on any atom is 0.174 e. The van der Waals surface area contributed by atoms with Crippen LogP contribution in [0.3, 0.4) is 0 Å². The second kappa shape index (κ2) is 9.50. The molecule has 2 heterocycles. The van der Waals surface area contributed by atoms with Gasteiger partial charge in [0.25, 0.3) is 0 Å². The van der Waals surface area contributed by atoms with Crippen molar-refractivity contribution in [1.29, 1.82) is 0 Å². The van der Waals surface area contributed by atoms with Gasteiger partial charge in [0, 0.05) is 48.4 Å². The van der Waals surface area contributed by atoms with Crippen molar-refractivity contribution in [3.8, 4) is 22.8 Å². The van der Waals surface area contributed by atoms with Gasteiger partial charge in [-0.25, -0.2) is 9.97 Å². The molecule has 156 valence electrons. The summed E-state index contributed by atoms with van der Waals surface area (Å²) < 4.78 is 12.9. The maximum absolute atomic E-state index is 5.45. The highest BCUT2D eigenvalue weighted by Gasteiger charge is 2.15. The predicted octanol–water partition coefficient (Wildman–Crippen LogP) is 4.62. The van der Waals surface area contributed by atoms with E-state index in [1.807, 2.05) is 41.1 Å². The van der Waals surface area contributed by atoms with Crippen LogP contribution in [0.4, 0.5) is 0 Å². The van der Waals surface area contributed by atoms with Gasteiger partial charge in [-0.2, -0.15) is 0 Å². The van der Waals surface area contributed by atoms with Crippen molar-refractivity contribution < 1.29 is 9.47 Å². The van der Waals surface area contributed by atoms with Gasteiger partial charge >= 0.3 is 0 Å². The lowest BCUT2D eigenvalue weighted by molar-refractivity contribution is 0.187. The standard InChI is InChI=1S/C22H30N4O2S/c1-15(2)25(16(3)4)11-12-29-22-24-18(14-21-23-9-10-26(21)22)17-7-8-19(27-5)20(13-17)28-6/h7-10,13-16H,11-12H2,1-6H3. The van der Waals surface area contributed by atoms with Crippen molar-refractivity contribution >= 4 is 17.4 Å². The Morgan fingerprint density at radius 3 is 2.41 bits per heavy atom. The first-order valence-electron chi connectivity index (χ1n) is 9.89. The molecule has 0 aliphatic carbocycles. The van der Waals surface area contributed by atoms with E-state index < -0.39 is 0 Å². The van der Waals surface area contributed by atoms with Crippen LogP contribution in [0.5, 0.6) is 11.5 Å². The van der Waals surface area contributed by atoms with Gasteiger partial charge in [0.1, 0.15) is 5.65 Å². The van der Waals surface area contributed by atoms with Crippen molar-refractivity contribution in [3.05, 3.63) is 36.7 Å².